The Labute approximate surface area is 245 Å². The molecule has 1 aliphatic rings. The minimum absolute atomic E-state index is 0.0455. The first-order valence-electron chi connectivity index (χ1n) is 13.3. The number of aromatic nitrogens is 1. The van der Waals surface area contributed by atoms with Gasteiger partial charge in [-0.25, -0.2) is 8.78 Å². The molecule has 0 radical (unpaired) electrons. The second kappa shape index (κ2) is 11.8. The number of piperazine rings is 1. The molecule has 0 unspecified atom stereocenters. The molecule has 1 saturated heterocycles. The van der Waals surface area contributed by atoms with Crippen LogP contribution in [-0.2, 0) is 23.6 Å². The number of carbonyl (C=O) groups is 2. The molecule has 0 bridgehead atoms. The molecule has 4 aromatic rings. The molecule has 1 fully saturated rings. The van der Waals surface area contributed by atoms with Gasteiger partial charge in [0.25, 0.3) is 5.91 Å². The Morgan fingerprint density at radius 3 is 2.20 bits per heavy atom. The molecule has 1 N–H and O–H groups in total. The third kappa shape index (κ3) is 6.61. The van der Waals surface area contributed by atoms with Gasteiger partial charge in [-0.2, -0.15) is 26.3 Å². The van der Waals surface area contributed by atoms with E-state index in [0.717, 1.165) is 34.7 Å². The predicted octanol–water partition coefficient (Wildman–Crippen LogP) is 7.09. The summed E-state index contributed by atoms with van der Waals surface area (Å²) in [5.74, 6) is -3.74. The molecule has 1 atom stereocenters. The number of hydrogen-bond acceptors (Lipinski definition) is 2. The van der Waals surface area contributed by atoms with Crippen LogP contribution in [0.25, 0.3) is 17.0 Å². The van der Waals surface area contributed by atoms with Crippen molar-refractivity contribution in [2.45, 2.75) is 24.8 Å². The molecular weight excluding hydrogens is 598 g/mol. The van der Waals surface area contributed by atoms with E-state index in [2.05, 4.69) is 4.98 Å². The molecule has 2 amide bonds. The van der Waals surface area contributed by atoms with E-state index < -0.39 is 58.5 Å². The quantitative estimate of drug-likeness (QED) is 0.191. The van der Waals surface area contributed by atoms with Gasteiger partial charge in [0.1, 0.15) is 0 Å². The van der Waals surface area contributed by atoms with E-state index in [1.54, 1.807) is 18.3 Å². The number of aromatic amines is 1. The van der Waals surface area contributed by atoms with Crippen molar-refractivity contribution in [2.24, 2.45) is 0 Å². The maximum atomic E-state index is 13.6. The van der Waals surface area contributed by atoms with Crippen LogP contribution in [0.15, 0.2) is 72.9 Å². The van der Waals surface area contributed by atoms with E-state index in [0.29, 0.717) is 12.1 Å². The van der Waals surface area contributed by atoms with E-state index in [9.17, 15) is 44.7 Å². The maximum Gasteiger partial charge on any atom is 0.416 e. The van der Waals surface area contributed by atoms with E-state index >= 15 is 0 Å². The molecule has 3 aromatic carbocycles. The fourth-order valence-corrected chi connectivity index (χ4v) is 5.19. The average molecular weight is 622 g/mol. The summed E-state index contributed by atoms with van der Waals surface area (Å²) in [5, 5.41) is 0.792. The Kier molecular flexibility index (Phi) is 8.23. The van der Waals surface area contributed by atoms with Crippen LogP contribution >= 0.6 is 0 Å². The van der Waals surface area contributed by atoms with Crippen molar-refractivity contribution in [2.75, 3.05) is 19.6 Å². The second-order valence-electron chi connectivity index (χ2n) is 10.3. The van der Waals surface area contributed by atoms with E-state index in [4.69, 9.17) is 0 Å². The van der Waals surface area contributed by atoms with Crippen molar-refractivity contribution < 1.29 is 44.7 Å². The third-order valence-electron chi connectivity index (χ3n) is 7.38. The summed E-state index contributed by atoms with van der Waals surface area (Å²) in [6, 6.07) is 10.2. The summed E-state index contributed by atoms with van der Waals surface area (Å²) >= 11 is 0. The van der Waals surface area contributed by atoms with Gasteiger partial charge in [-0.3, -0.25) is 9.59 Å². The zero-order valence-electron chi connectivity index (χ0n) is 22.6. The maximum absolute atomic E-state index is 13.6. The smallest absolute Gasteiger partial charge is 0.361 e. The first-order chi connectivity index (χ1) is 20.7. The molecule has 0 aliphatic carbocycles. The summed E-state index contributed by atoms with van der Waals surface area (Å²) < 4.78 is 108. The number of para-hydroxylation sites is 1. The number of fused-ring (bicyclic) bond motifs is 1. The minimum atomic E-state index is -5.13. The highest BCUT2D eigenvalue weighted by Gasteiger charge is 2.39. The molecule has 13 heteroatoms. The number of amides is 2. The number of rotatable bonds is 5. The van der Waals surface area contributed by atoms with Crippen molar-refractivity contribution in [3.05, 3.63) is 112 Å². The molecule has 230 valence electrons. The van der Waals surface area contributed by atoms with Crippen molar-refractivity contribution in [3.63, 3.8) is 0 Å². The molecule has 0 saturated carbocycles. The van der Waals surface area contributed by atoms with Gasteiger partial charge in [-0.05, 0) is 60.0 Å². The fraction of sp³-hybridized carbons (Fsp3) is 0.226. The van der Waals surface area contributed by atoms with Gasteiger partial charge >= 0.3 is 12.4 Å². The highest BCUT2D eigenvalue weighted by Crippen LogP contribution is 2.37. The lowest BCUT2D eigenvalue weighted by Gasteiger charge is -2.41. The number of benzene rings is 3. The first-order valence-corrected chi connectivity index (χ1v) is 13.3. The van der Waals surface area contributed by atoms with Crippen molar-refractivity contribution in [1.29, 1.82) is 0 Å². The van der Waals surface area contributed by atoms with Crippen LogP contribution in [0.4, 0.5) is 35.1 Å². The Balaban J connectivity index is 1.46. The topological polar surface area (TPSA) is 56.4 Å². The van der Waals surface area contributed by atoms with Crippen LogP contribution in [0.1, 0.15) is 32.6 Å². The minimum Gasteiger partial charge on any atom is -0.361 e. The van der Waals surface area contributed by atoms with Crippen molar-refractivity contribution in [1.82, 2.24) is 14.8 Å². The number of hydrogen-bond donors (Lipinski definition) is 1. The highest BCUT2D eigenvalue weighted by molar-refractivity contribution is 5.96. The lowest BCUT2D eigenvalue weighted by atomic mass is 9.98. The standard InChI is InChI=1S/C31H23F8N3O2/c32-25-7-5-18(11-26(25)33)6-8-28(43)41-9-10-42(23(17-41)14-20-16-40-27-4-2-1-3-24(20)27)29(44)19-12-21(30(34,35)36)15-22(13-19)31(37,38)39/h1-8,11-13,15-16,23,40H,9-10,14,17H2/b8-6+/t23-/m1/s1. The highest BCUT2D eigenvalue weighted by atomic mass is 19.4. The van der Waals surface area contributed by atoms with Crippen LogP contribution in [0, 0.1) is 11.6 Å². The van der Waals surface area contributed by atoms with E-state index in [1.807, 2.05) is 12.1 Å². The molecule has 2 heterocycles. The largest absolute Gasteiger partial charge is 0.416 e. The Bertz CT molecular complexity index is 1710. The molecule has 5 rings (SSSR count). The van der Waals surface area contributed by atoms with Gasteiger partial charge in [0.2, 0.25) is 5.91 Å². The number of halogens is 8. The van der Waals surface area contributed by atoms with Gasteiger partial charge in [0.15, 0.2) is 11.6 Å². The molecule has 5 nitrogen and oxygen atoms in total. The Morgan fingerprint density at radius 1 is 0.864 bits per heavy atom. The van der Waals surface area contributed by atoms with Gasteiger partial charge in [-0.1, -0.05) is 24.3 Å². The Morgan fingerprint density at radius 2 is 1.55 bits per heavy atom. The van der Waals surface area contributed by atoms with Crippen LogP contribution in [0.2, 0.25) is 0 Å². The molecule has 1 aromatic heterocycles. The average Bonchev–Trinajstić information content (AvgIpc) is 3.38. The number of carbonyl (C=O) groups excluding carboxylic acids is 2. The summed E-state index contributed by atoms with van der Waals surface area (Å²) in [6.07, 6.45) is -6.05. The Hall–Kier alpha value is -4.68. The molecular formula is C31H23F8N3O2. The van der Waals surface area contributed by atoms with E-state index in [-0.39, 0.29) is 37.7 Å². The predicted molar refractivity (Wildman–Crippen MR) is 145 cm³/mol. The van der Waals surface area contributed by atoms with Gasteiger partial charge in [0.05, 0.1) is 17.2 Å². The van der Waals surface area contributed by atoms with Crippen molar-refractivity contribution in [3.8, 4) is 0 Å². The number of alkyl halides is 6. The SMILES string of the molecule is O=C(/C=C/c1ccc(F)c(F)c1)N1CCN(C(=O)c2cc(C(F)(F)F)cc(C(F)(F)F)c2)[C@H](Cc2c[nH]c3ccccc23)C1. The summed E-state index contributed by atoms with van der Waals surface area (Å²) in [4.78, 5) is 32.3. The number of nitrogens with one attached hydrogen (secondary N) is 1. The fourth-order valence-electron chi connectivity index (χ4n) is 5.19. The lowest BCUT2D eigenvalue weighted by Crippen LogP contribution is -2.57. The molecule has 1 aliphatic heterocycles. The first kappa shape index (κ1) is 30.8. The zero-order chi connectivity index (χ0) is 31.8. The number of nitrogens with zero attached hydrogens (tertiary/aromatic N) is 2. The molecule has 0 spiro atoms. The van der Waals surface area contributed by atoms with Gasteiger partial charge < -0.3 is 14.8 Å². The van der Waals surface area contributed by atoms with E-state index in [1.165, 1.54) is 21.9 Å². The van der Waals surface area contributed by atoms with Gasteiger partial charge in [-0.15, -0.1) is 0 Å². The third-order valence-corrected chi connectivity index (χ3v) is 7.38. The molecule has 44 heavy (non-hydrogen) atoms. The van der Waals surface area contributed by atoms with Crippen LogP contribution in [-0.4, -0.2) is 52.3 Å². The van der Waals surface area contributed by atoms with Crippen LogP contribution in [0.5, 0.6) is 0 Å². The number of H-pyrrole nitrogens is 1. The zero-order valence-corrected chi connectivity index (χ0v) is 22.6. The van der Waals surface area contributed by atoms with Crippen LogP contribution < -0.4 is 0 Å². The lowest BCUT2D eigenvalue weighted by molar-refractivity contribution is -0.143. The van der Waals surface area contributed by atoms with Gasteiger partial charge in [0, 0.05) is 48.4 Å². The van der Waals surface area contributed by atoms with Crippen molar-refractivity contribution >= 4 is 28.8 Å². The monoisotopic (exact) mass is 621 g/mol. The normalized spacial score (nSPS) is 16.2. The van der Waals surface area contributed by atoms with Crippen LogP contribution in [0.3, 0.4) is 0 Å². The second-order valence-corrected chi connectivity index (χ2v) is 10.3. The summed E-state index contributed by atoms with van der Waals surface area (Å²) in [7, 11) is 0. The summed E-state index contributed by atoms with van der Waals surface area (Å²) in [6.45, 7) is -0.367. The summed E-state index contributed by atoms with van der Waals surface area (Å²) in [5.41, 5.74) is -2.30.